The molecule has 0 heterocycles. The van der Waals surface area contributed by atoms with E-state index >= 15 is 0 Å². The first-order chi connectivity index (χ1) is 6.12. The zero-order valence-electron chi connectivity index (χ0n) is 9.09. The van der Waals surface area contributed by atoms with Crippen molar-refractivity contribution in [3.63, 3.8) is 0 Å². The molecule has 0 bridgehead atoms. The second kappa shape index (κ2) is 4.28. The van der Waals surface area contributed by atoms with Gasteiger partial charge in [-0.25, -0.2) is 0 Å². The van der Waals surface area contributed by atoms with Crippen LogP contribution in [-0.4, -0.2) is 11.7 Å². The van der Waals surface area contributed by atoms with Crippen molar-refractivity contribution in [2.75, 3.05) is 6.61 Å². The minimum Gasteiger partial charge on any atom is -0.396 e. The summed E-state index contributed by atoms with van der Waals surface area (Å²) in [7, 11) is 0. The van der Waals surface area contributed by atoms with Gasteiger partial charge in [-0.2, -0.15) is 0 Å². The Balaban J connectivity index is 2.73. The number of hydrogen-bond donors (Lipinski definition) is 1. The van der Waals surface area contributed by atoms with E-state index in [1.54, 1.807) is 0 Å². The largest absolute Gasteiger partial charge is 0.396 e. The van der Waals surface area contributed by atoms with Gasteiger partial charge in [-0.3, -0.25) is 0 Å². The molecule has 1 rings (SSSR count). The van der Waals surface area contributed by atoms with Crippen LogP contribution in [0.1, 0.15) is 40.0 Å². The molecule has 1 heteroatoms. The normalized spacial score (nSPS) is 30.8. The van der Waals surface area contributed by atoms with Crippen LogP contribution >= 0.6 is 0 Å². The van der Waals surface area contributed by atoms with Gasteiger partial charge in [0, 0.05) is 6.61 Å². The summed E-state index contributed by atoms with van der Waals surface area (Å²) in [6, 6.07) is 0. The Labute approximate surface area is 81.9 Å². The van der Waals surface area contributed by atoms with Gasteiger partial charge in [0.2, 0.25) is 0 Å². The second-order valence-electron chi connectivity index (χ2n) is 4.77. The van der Waals surface area contributed by atoms with Crippen molar-refractivity contribution >= 4 is 0 Å². The number of allylic oxidation sites excluding steroid dienone is 2. The van der Waals surface area contributed by atoms with Crippen molar-refractivity contribution < 1.29 is 5.11 Å². The van der Waals surface area contributed by atoms with E-state index in [1.807, 2.05) is 0 Å². The van der Waals surface area contributed by atoms with Gasteiger partial charge in [0.05, 0.1) is 0 Å². The number of aliphatic hydroxyl groups is 1. The summed E-state index contributed by atoms with van der Waals surface area (Å²) in [4.78, 5) is 0. The molecule has 0 spiro atoms. The van der Waals surface area contributed by atoms with E-state index in [-0.39, 0.29) is 5.41 Å². The SMILES string of the molecule is CC(C)C(C)C1(CO)CC=CCC1. The minimum absolute atomic E-state index is 0.170. The Morgan fingerprint density at radius 1 is 1.31 bits per heavy atom. The summed E-state index contributed by atoms with van der Waals surface area (Å²) >= 11 is 0. The Morgan fingerprint density at radius 3 is 2.38 bits per heavy atom. The van der Waals surface area contributed by atoms with Crippen LogP contribution in [0, 0.1) is 17.3 Å². The molecular weight excluding hydrogens is 160 g/mol. The molecule has 0 radical (unpaired) electrons. The van der Waals surface area contributed by atoms with E-state index in [0.29, 0.717) is 18.4 Å². The van der Waals surface area contributed by atoms with Crippen LogP contribution in [0.15, 0.2) is 12.2 Å². The highest BCUT2D eigenvalue weighted by molar-refractivity contribution is 5.00. The Kier molecular flexibility index (Phi) is 3.55. The van der Waals surface area contributed by atoms with Crippen LogP contribution in [0.4, 0.5) is 0 Å². The fourth-order valence-electron chi connectivity index (χ4n) is 2.32. The molecule has 13 heavy (non-hydrogen) atoms. The molecule has 76 valence electrons. The molecule has 2 atom stereocenters. The third-order valence-corrected chi connectivity index (χ3v) is 3.78. The van der Waals surface area contributed by atoms with Crippen molar-refractivity contribution in [2.45, 2.75) is 40.0 Å². The monoisotopic (exact) mass is 182 g/mol. The van der Waals surface area contributed by atoms with Crippen LogP contribution in [0.3, 0.4) is 0 Å². The lowest BCUT2D eigenvalue weighted by Crippen LogP contribution is -2.36. The molecule has 0 aromatic heterocycles. The first kappa shape index (κ1) is 10.8. The van der Waals surface area contributed by atoms with E-state index in [2.05, 4.69) is 32.9 Å². The van der Waals surface area contributed by atoms with Gasteiger partial charge in [0.15, 0.2) is 0 Å². The molecule has 2 unspecified atom stereocenters. The number of rotatable bonds is 3. The molecule has 1 N–H and O–H groups in total. The van der Waals surface area contributed by atoms with Gasteiger partial charge in [-0.05, 0) is 36.5 Å². The van der Waals surface area contributed by atoms with Crippen molar-refractivity contribution in [3.8, 4) is 0 Å². The lowest BCUT2D eigenvalue weighted by atomic mass is 9.65. The third-order valence-electron chi connectivity index (χ3n) is 3.78. The van der Waals surface area contributed by atoms with Gasteiger partial charge in [-0.1, -0.05) is 32.9 Å². The quantitative estimate of drug-likeness (QED) is 0.665. The predicted molar refractivity (Wildman–Crippen MR) is 56.5 cm³/mol. The number of aliphatic hydroxyl groups excluding tert-OH is 1. The van der Waals surface area contributed by atoms with E-state index in [1.165, 1.54) is 0 Å². The molecule has 0 aliphatic heterocycles. The van der Waals surface area contributed by atoms with Crippen molar-refractivity contribution in [1.29, 1.82) is 0 Å². The Bertz CT molecular complexity index is 184. The maximum Gasteiger partial charge on any atom is 0.0493 e. The summed E-state index contributed by atoms with van der Waals surface area (Å²) in [5, 5.41) is 9.53. The summed E-state index contributed by atoms with van der Waals surface area (Å²) < 4.78 is 0. The molecular formula is C12H22O. The summed E-state index contributed by atoms with van der Waals surface area (Å²) in [6.07, 6.45) is 7.82. The maximum atomic E-state index is 9.53. The zero-order chi connectivity index (χ0) is 9.90. The van der Waals surface area contributed by atoms with Crippen LogP contribution in [0.5, 0.6) is 0 Å². The number of hydrogen-bond acceptors (Lipinski definition) is 1. The smallest absolute Gasteiger partial charge is 0.0493 e. The minimum atomic E-state index is 0.170. The molecule has 1 nitrogen and oxygen atoms in total. The van der Waals surface area contributed by atoms with E-state index < -0.39 is 0 Å². The predicted octanol–water partition coefficient (Wildman–Crippen LogP) is 3.00. The lowest BCUT2D eigenvalue weighted by Gasteiger charge is -2.41. The van der Waals surface area contributed by atoms with Gasteiger partial charge in [0.1, 0.15) is 0 Å². The van der Waals surface area contributed by atoms with Crippen LogP contribution in [0.25, 0.3) is 0 Å². The van der Waals surface area contributed by atoms with Crippen molar-refractivity contribution in [3.05, 3.63) is 12.2 Å². The van der Waals surface area contributed by atoms with Crippen molar-refractivity contribution in [1.82, 2.24) is 0 Å². The van der Waals surface area contributed by atoms with Gasteiger partial charge >= 0.3 is 0 Å². The van der Waals surface area contributed by atoms with Crippen LogP contribution in [-0.2, 0) is 0 Å². The Morgan fingerprint density at radius 2 is 2.00 bits per heavy atom. The van der Waals surface area contributed by atoms with Crippen LogP contribution in [0.2, 0.25) is 0 Å². The lowest BCUT2D eigenvalue weighted by molar-refractivity contribution is 0.0366. The highest BCUT2D eigenvalue weighted by atomic mass is 16.3. The van der Waals surface area contributed by atoms with Gasteiger partial charge in [0.25, 0.3) is 0 Å². The standard InChI is InChI=1S/C12H22O/c1-10(2)11(3)12(9-13)7-5-4-6-8-12/h4-5,10-11,13H,6-9H2,1-3H3. The summed E-state index contributed by atoms with van der Waals surface area (Å²) in [5.41, 5.74) is 0.170. The average Bonchev–Trinajstić information content (AvgIpc) is 2.17. The maximum absolute atomic E-state index is 9.53. The Hall–Kier alpha value is -0.300. The fourth-order valence-corrected chi connectivity index (χ4v) is 2.32. The molecule has 0 saturated heterocycles. The molecule has 1 aliphatic carbocycles. The van der Waals surface area contributed by atoms with Crippen LogP contribution < -0.4 is 0 Å². The highest BCUT2D eigenvalue weighted by Crippen LogP contribution is 2.42. The summed E-state index contributed by atoms with van der Waals surface area (Å²) in [6.45, 7) is 7.12. The van der Waals surface area contributed by atoms with E-state index in [0.717, 1.165) is 19.3 Å². The zero-order valence-corrected chi connectivity index (χ0v) is 9.09. The topological polar surface area (TPSA) is 20.2 Å². The highest BCUT2D eigenvalue weighted by Gasteiger charge is 2.36. The molecule has 0 saturated carbocycles. The summed E-state index contributed by atoms with van der Waals surface area (Å²) in [5.74, 6) is 1.28. The van der Waals surface area contributed by atoms with Gasteiger partial charge in [-0.15, -0.1) is 0 Å². The fraction of sp³-hybridized carbons (Fsp3) is 0.833. The molecule has 0 aromatic rings. The van der Waals surface area contributed by atoms with E-state index in [4.69, 9.17) is 0 Å². The molecule has 0 fully saturated rings. The van der Waals surface area contributed by atoms with Crippen molar-refractivity contribution in [2.24, 2.45) is 17.3 Å². The van der Waals surface area contributed by atoms with E-state index in [9.17, 15) is 5.11 Å². The molecule has 0 aromatic carbocycles. The van der Waals surface area contributed by atoms with Gasteiger partial charge < -0.3 is 5.11 Å². The molecule has 1 aliphatic rings. The second-order valence-corrected chi connectivity index (χ2v) is 4.77. The first-order valence-electron chi connectivity index (χ1n) is 5.38. The third kappa shape index (κ3) is 2.14. The average molecular weight is 182 g/mol. The molecule has 0 amide bonds. The first-order valence-corrected chi connectivity index (χ1v) is 5.38.